The van der Waals surface area contributed by atoms with Gasteiger partial charge in [0, 0.05) is 6.20 Å². The Labute approximate surface area is 94.2 Å². The first kappa shape index (κ1) is 10.8. The number of aromatic nitrogens is 1. The zero-order valence-electron chi connectivity index (χ0n) is 9.02. The van der Waals surface area contributed by atoms with E-state index in [9.17, 15) is 4.39 Å². The largest absolute Gasteiger partial charge is 0.308 e. The molecule has 0 fully saturated rings. The molecule has 1 N–H and O–H groups in total. The predicted octanol–water partition coefficient (Wildman–Crippen LogP) is 2.53. The molecule has 16 heavy (non-hydrogen) atoms. The minimum Gasteiger partial charge on any atom is -0.308 e. The maximum absolute atomic E-state index is 12.8. The van der Waals surface area contributed by atoms with Crippen LogP contribution in [0, 0.1) is 5.82 Å². The molecule has 2 nitrogen and oxygen atoms in total. The fourth-order valence-electron chi connectivity index (χ4n) is 1.69. The number of nitrogens with zero attached hydrogens (tertiary/aromatic N) is 1. The number of hydrogen-bond donors (Lipinski definition) is 1. The van der Waals surface area contributed by atoms with E-state index in [-0.39, 0.29) is 11.9 Å². The second-order valence-electron chi connectivity index (χ2n) is 3.53. The smallest absolute Gasteiger partial charge is 0.123 e. The van der Waals surface area contributed by atoms with E-state index in [1.807, 2.05) is 25.2 Å². The third-order valence-corrected chi connectivity index (χ3v) is 2.48. The lowest BCUT2D eigenvalue weighted by Gasteiger charge is -2.15. The van der Waals surface area contributed by atoms with Crippen LogP contribution in [0.25, 0.3) is 0 Å². The van der Waals surface area contributed by atoms with Crippen molar-refractivity contribution in [3.63, 3.8) is 0 Å². The van der Waals surface area contributed by atoms with Crippen LogP contribution in [0.15, 0.2) is 48.7 Å². The summed E-state index contributed by atoms with van der Waals surface area (Å²) in [5.74, 6) is -0.223. The molecule has 0 aliphatic rings. The Bertz CT molecular complexity index is 439. The molecule has 2 aromatic rings. The normalized spacial score (nSPS) is 12.4. The molecule has 0 unspecified atom stereocenters. The Kier molecular flexibility index (Phi) is 3.27. The number of rotatable bonds is 3. The molecular weight excluding hydrogens is 203 g/mol. The lowest BCUT2D eigenvalue weighted by molar-refractivity contribution is 0.622. The van der Waals surface area contributed by atoms with Crippen molar-refractivity contribution < 1.29 is 4.39 Å². The molecule has 0 spiro atoms. The molecule has 0 aliphatic carbocycles. The van der Waals surface area contributed by atoms with Crippen LogP contribution in [0.4, 0.5) is 4.39 Å². The summed E-state index contributed by atoms with van der Waals surface area (Å²) in [5, 5.41) is 3.17. The van der Waals surface area contributed by atoms with Gasteiger partial charge in [-0.25, -0.2) is 4.39 Å². The summed E-state index contributed by atoms with van der Waals surface area (Å²) in [6.45, 7) is 0. The van der Waals surface area contributed by atoms with E-state index in [0.717, 1.165) is 11.3 Å². The monoisotopic (exact) mass is 216 g/mol. The summed E-state index contributed by atoms with van der Waals surface area (Å²) in [4.78, 5) is 4.29. The van der Waals surface area contributed by atoms with Gasteiger partial charge in [-0.2, -0.15) is 0 Å². The van der Waals surface area contributed by atoms with Crippen LogP contribution in [0.2, 0.25) is 0 Å². The van der Waals surface area contributed by atoms with Crippen LogP contribution < -0.4 is 5.32 Å². The van der Waals surface area contributed by atoms with Crippen LogP contribution in [-0.2, 0) is 0 Å². The molecule has 0 saturated carbocycles. The van der Waals surface area contributed by atoms with Crippen molar-refractivity contribution in [2.24, 2.45) is 0 Å². The summed E-state index contributed by atoms with van der Waals surface area (Å²) in [7, 11) is 1.86. The quantitative estimate of drug-likeness (QED) is 0.852. The summed E-state index contributed by atoms with van der Waals surface area (Å²) in [6.07, 6.45) is 1.75. The highest BCUT2D eigenvalue weighted by Gasteiger charge is 2.12. The van der Waals surface area contributed by atoms with E-state index in [2.05, 4.69) is 10.3 Å². The molecule has 0 amide bonds. The molecular formula is C13H13FN2. The molecule has 3 heteroatoms. The Morgan fingerprint density at radius 1 is 1.12 bits per heavy atom. The summed E-state index contributed by atoms with van der Waals surface area (Å²) >= 11 is 0. The molecule has 1 aromatic carbocycles. The first-order valence-electron chi connectivity index (χ1n) is 5.15. The highest BCUT2D eigenvalue weighted by molar-refractivity contribution is 5.27. The summed E-state index contributed by atoms with van der Waals surface area (Å²) in [5.41, 5.74) is 1.93. The Morgan fingerprint density at radius 3 is 2.44 bits per heavy atom. The highest BCUT2D eigenvalue weighted by atomic mass is 19.1. The summed E-state index contributed by atoms with van der Waals surface area (Å²) in [6, 6.07) is 12.2. The van der Waals surface area contributed by atoms with E-state index < -0.39 is 0 Å². The standard InChI is InChI=1S/C13H13FN2/c1-15-13(12-4-2-3-9-16-12)10-5-7-11(14)8-6-10/h2-9,13,15H,1H3/t13-/m1/s1. The number of hydrogen-bond acceptors (Lipinski definition) is 2. The van der Waals surface area contributed by atoms with Crippen LogP contribution in [0.5, 0.6) is 0 Å². The molecule has 0 aliphatic heterocycles. The van der Waals surface area contributed by atoms with Gasteiger partial charge in [0.05, 0.1) is 11.7 Å². The van der Waals surface area contributed by atoms with Crippen molar-refractivity contribution >= 4 is 0 Å². The zero-order chi connectivity index (χ0) is 11.4. The van der Waals surface area contributed by atoms with Gasteiger partial charge in [-0.15, -0.1) is 0 Å². The average Bonchev–Trinajstić information content (AvgIpc) is 2.34. The van der Waals surface area contributed by atoms with Crippen LogP contribution >= 0.6 is 0 Å². The minimum absolute atomic E-state index is 0.00167. The van der Waals surface area contributed by atoms with Gasteiger partial charge in [0.15, 0.2) is 0 Å². The van der Waals surface area contributed by atoms with Crippen molar-refractivity contribution in [2.45, 2.75) is 6.04 Å². The van der Waals surface area contributed by atoms with Gasteiger partial charge in [0.2, 0.25) is 0 Å². The molecule has 2 rings (SSSR count). The second kappa shape index (κ2) is 4.86. The fraction of sp³-hybridized carbons (Fsp3) is 0.154. The third-order valence-electron chi connectivity index (χ3n) is 2.48. The van der Waals surface area contributed by atoms with Crippen molar-refractivity contribution in [1.29, 1.82) is 0 Å². The first-order chi connectivity index (χ1) is 7.81. The fourth-order valence-corrected chi connectivity index (χ4v) is 1.69. The predicted molar refractivity (Wildman–Crippen MR) is 61.5 cm³/mol. The van der Waals surface area contributed by atoms with Crippen molar-refractivity contribution in [2.75, 3.05) is 7.05 Å². The van der Waals surface area contributed by atoms with E-state index in [1.54, 1.807) is 18.3 Å². The van der Waals surface area contributed by atoms with Crippen molar-refractivity contribution in [3.8, 4) is 0 Å². The van der Waals surface area contributed by atoms with Gasteiger partial charge in [0.1, 0.15) is 5.82 Å². The molecule has 1 atom stereocenters. The van der Waals surface area contributed by atoms with Gasteiger partial charge >= 0.3 is 0 Å². The molecule has 0 bridgehead atoms. The number of benzene rings is 1. The van der Waals surface area contributed by atoms with Crippen LogP contribution in [0.3, 0.4) is 0 Å². The average molecular weight is 216 g/mol. The topological polar surface area (TPSA) is 24.9 Å². The first-order valence-corrected chi connectivity index (χ1v) is 5.15. The van der Waals surface area contributed by atoms with Gasteiger partial charge in [-0.05, 0) is 36.9 Å². The van der Waals surface area contributed by atoms with Crippen molar-refractivity contribution in [1.82, 2.24) is 10.3 Å². The number of halogens is 1. The molecule has 1 heterocycles. The molecule has 0 radical (unpaired) electrons. The summed E-state index contributed by atoms with van der Waals surface area (Å²) < 4.78 is 12.8. The van der Waals surface area contributed by atoms with Gasteiger partial charge in [-0.3, -0.25) is 4.98 Å². The van der Waals surface area contributed by atoms with E-state index in [0.29, 0.717) is 0 Å². The Hall–Kier alpha value is -1.74. The minimum atomic E-state index is -0.223. The Balaban J connectivity index is 2.33. The van der Waals surface area contributed by atoms with Gasteiger partial charge in [-0.1, -0.05) is 18.2 Å². The zero-order valence-corrected chi connectivity index (χ0v) is 9.02. The van der Waals surface area contributed by atoms with Crippen LogP contribution in [-0.4, -0.2) is 12.0 Å². The highest BCUT2D eigenvalue weighted by Crippen LogP contribution is 2.19. The van der Waals surface area contributed by atoms with E-state index in [1.165, 1.54) is 12.1 Å². The molecule has 0 saturated heterocycles. The van der Waals surface area contributed by atoms with Gasteiger partial charge in [0.25, 0.3) is 0 Å². The Morgan fingerprint density at radius 2 is 1.88 bits per heavy atom. The van der Waals surface area contributed by atoms with Crippen molar-refractivity contribution in [3.05, 3.63) is 65.7 Å². The lowest BCUT2D eigenvalue weighted by Crippen LogP contribution is -2.18. The number of nitrogens with one attached hydrogen (secondary N) is 1. The van der Waals surface area contributed by atoms with Crippen LogP contribution in [0.1, 0.15) is 17.3 Å². The number of pyridine rings is 1. The SMILES string of the molecule is CN[C@H](c1ccc(F)cc1)c1ccccn1. The molecule has 1 aromatic heterocycles. The maximum atomic E-state index is 12.8. The second-order valence-corrected chi connectivity index (χ2v) is 3.53. The van der Waals surface area contributed by atoms with Gasteiger partial charge < -0.3 is 5.32 Å². The maximum Gasteiger partial charge on any atom is 0.123 e. The third kappa shape index (κ3) is 2.25. The van der Waals surface area contributed by atoms with E-state index >= 15 is 0 Å². The molecule has 82 valence electrons. The van der Waals surface area contributed by atoms with E-state index in [4.69, 9.17) is 0 Å². The lowest BCUT2D eigenvalue weighted by atomic mass is 10.0.